The van der Waals surface area contributed by atoms with Crippen LogP contribution >= 0.6 is 0 Å². The Morgan fingerprint density at radius 3 is 2.00 bits per heavy atom. The summed E-state index contributed by atoms with van der Waals surface area (Å²) in [4.78, 5) is 0. The number of rotatable bonds is 0. The second kappa shape index (κ2) is 1.11. The monoisotopic (exact) mass is 81.1 g/mol. The van der Waals surface area contributed by atoms with Crippen molar-refractivity contribution in [1.82, 2.24) is 0 Å². The minimum Gasteiger partial charge on any atom is -0.0784 e. The molecule has 0 aromatic carbocycles. The van der Waals surface area contributed by atoms with Crippen molar-refractivity contribution in [3.05, 3.63) is 17.6 Å². The topological polar surface area (TPSA) is 0 Å². The molecular weight excluding hydrogens is 72.1 g/mol. The zero-order valence-electron chi connectivity index (χ0n) is 4.28. The largest absolute Gasteiger partial charge is 0.0784 e. The summed E-state index contributed by atoms with van der Waals surface area (Å²) in [5, 5.41) is 0. The average Bonchev–Trinajstić information content (AvgIpc) is 1.33. The molecule has 0 unspecified atom stereocenters. The number of hydrogen-bond acceptors (Lipinski definition) is 0. The lowest BCUT2D eigenvalue weighted by molar-refractivity contribution is 0.910. The van der Waals surface area contributed by atoms with Gasteiger partial charge >= 0.3 is 0 Å². The molecule has 1 rings (SSSR count). The average molecular weight is 81.1 g/mol. The summed E-state index contributed by atoms with van der Waals surface area (Å²) < 4.78 is 0. The molecule has 1 aliphatic carbocycles. The van der Waals surface area contributed by atoms with E-state index in [1.165, 1.54) is 17.9 Å². The van der Waals surface area contributed by atoms with E-state index in [2.05, 4.69) is 19.9 Å². The molecule has 0 heterocycles. The fraction of sp³-hybridized carbons (Fsp3) is 0.500. The van der Waals surface area contributed by atoms with Gasteiger partial charge in [-0.1, -0.05) is 18.6 Å². The fourth-order valence-electron chi connectivity index (χ4n) is 0.831. The number of allylic oxidation sites excluding steroid dienone is 2. The molecular formula is C6H9. The molecule has 0 aromatic rings. The lowest BCUT2D eigenvalue weighted by Gasteiger charge is -2.15. The molecule has 0 saturated carbocycles. The minimum absolute atomic E-state index is 1.25. The third kappa shape index (κ3) is 0.469. The molecule has 1 aliphatic rings. The Kier molecular flexibility index (Phi) is 0.722. The molecule has 0 saturated heterocycles. The van der Waals surface area contributed by atoms with Crippen molar-refractivity contribution < 1.29 is 0 Å². The Bertz CT molecular complexity index is 80.0. The maximum absolute atomic E-state index is 2.22. The molecule has 0 heteroatoms. The van der Waals surface area contributed by atoms with Gasteiger partial charge in [0.05, 0.1) is 0 Å². The summed E-state index contributed by atoms with van der Waals surface area (Å²) >= 11 is 0. The quantitative estimate of drug-likeness (QED) is 0.418. The van der Waals surface area contributed by atoms with Crippen LogP contribution in [0.25, 0.3) is 0 Å². The summed E-state index contributed by atoms with van der Waals surface area (Å²) in [6.45, 7) is 4.32. The summed E-state index contributed by atoms with van der Waals surface area (Å²) in [5.74, 6) is 1.52. The summed E-state index contributed by atoms with van der Waals surface area (Å²) in [7, 11) is 0. The maximum atomic E-state index is 2.22. The molecule has 0 nitrogen and oxygen atoms in total. The molecule has 0 aromatic heterocycles. The molecule has 0 N–H and O–H groups in total. The molecule has 0 fully saturated rings. The molecule has 0 atom stereocenters. The molecule has 6 heavy (non-hydrogen) atoms. The number of hydrogen-bond donors (Lipinski definition) is 0. The van der Waals surface area contributed by atoms with Crippen molar-refractivity contribution in [2.45, 2.75) is 20.3 Å². The van der Waals surface area contributed by atoms with Crippen LogP contribution in [0, 0.1) is 5.92 Å². The van der Waals surface area contributed by atoms with Crippen LogP contribution in [-0.2, 0) is 0 Å². The Morgan fingerprint density at radius 1 is 1.50 bits per heavy atom. The predicted octanol–water partition coefficient (Wildman–Crippen LogP) is 1.93. The summed E-state index contributed by atoms with van der Waals surface area (Å²) in [6.07, 6.45) is 3.47. The van der Waals surface area contributed by atoms with E-state index in [9.17, 15) is 0 Å². The van der Waals surface area contributed by atoms with Gasteiger partial charge in [0.15, 0.2) is 0 Å². The first-order valence-corrected chi connectivity index (χ1v) is 2.28. The first-order chi connectivity index (χ1) is 2.79. The van der Waals surface area contributed by atoms with E-state index in [4.69, 9.17) is 0 Å². The highest BCUT2D eigenvalue weighted by molar-refractivity contribution is 5.28. The summed E-state index contributed by atoms with van der Waals surface area (Å²) in [6, 6.07) is 0. The predicted molar refractivity (Wildman–Crippen MR) is 27.3 cm³/mol. The zero-order chi connectivity index (χ0) is 4.57. The standard InChI is InChI=1S/C6H9/c1-5-3-6(2)4-5/h3H,4H2,1-2H3. The van der Waals surface area contributed by atoms with Gasteiger partial charge in [-0.05, 0) is 19.3 Å². The van der Waals surface area contributed by atoms with E-state index in [1.807, 2.05) is 0 Å². The summed E-state index contributed by atoms with van der Waals surface area (Å²) in [5.41, 5.74) is 1.52. The highest BCUT2D eigenvalue weighted by Crippen LogP contribution is 2.25. The van der Waals surface area contributed by atoms with Crippen molar-refractivity contribution in [3.8, 4) is 0 Å². The highest BCUT2D eigenvalue weighted by atomic mass is 14.1. The lowest BCUT2D eigenvalue weighted by Crippen LogP contribution is -1.98. The van der Waals surface area contributed by atoms with Gasteiger partial charge in [0.2, 0.25) is 0 Å². The Labute approximate surface area is 38.9 Å². The van der Waals surface area contributed by atoms with Crippen molar-refractivity contribution in [2.75, 3.05) is 0 Å². The van der Waals surface area contributed by atoms with E-state index in [-0.39, 0.29) is 0 Å². The van der Waals surface area contributed by atoms with Crippen molar-refractivity contribution in [2.24, 2.45) is 0 Å². The van der Waals surface area contributed by atoms with Crippen LogP contribution < -0.4 is 0 Å². The van der Waals surface area contributed by atoms with Crippen LogP contribution in [0.3, 0.4) is 0 Å². The van der Waals surface area contributed by atoms with Gasteiger partial charge in [-0.25, -0.2) is 0 Å². The fourth-order valence-corrected chi connectivity index (χ4v) is 0.831. The second-order valence-corrected chi connectivity index (χ2v) is 2.01. The van der Waals surface area contributed by atoms with Crippen molar-refractivity contribution in [3.63, 3.8) is 0 Å². The second-order valence-electron chi connectivity index (χ2n) is 2.01. The smallest absolute Gasteiger partial charge is 0.00155 e. The minimum atomic E-state index is 1.25. The SMILES string of the molecule is C[C]1C=C(C)C1. The maximum Gasteiger partial charge on any atom is -0.00155 e. The van der Waals surface area contributed by atoms with Gasteiger partial charge < -0.3 is 0 Å². The van der Waals surface area contributed by atoms with Gasteiger partial charge in [0, 0.05) is 0 Å². The molecule has 0 aliphatic heterocycles. The van der Waals surface area contributed by atoms with Gasteiger partial charge in [-0.15, -0.1) is 0 Å². The Hall–Kier alpha value is -0.260. The molecule has 33 valence electrons. The van der Waals surface area contributed by atoms with E-state index < -0.39 is 0 Å². The molecule has 1 radical (unpaired) electrons. The van der Waals surface area contributed by atoms with Gasteiger partial charge in [-0.2, -0.15) is 0 Å². The lowest BCUT2D eigenvalue weighted by atomic mass is 9.90. The van der Waals surface area contributed by atoms with E-state index >= 15 is 0 Å². The van der Waals surface area contributed by atoms with E-state index in [1.54, 1.807) is 0 Å². The highest BCUT2D eigenvalue weighted by Gasteiger charge is 2.08. The van der Waals surface area contributed by atoms with Crippen LogP contribution in [-0.4, -0.2) is 0 Å². The van der Waals surface area contributed by atoms with Gasteiger partial charge in [0.1, 0.15) is 0 Å². The van der Waals surface area contributed by atoms with Crippen LogP contribution in [0.1, 0.15) is 20.3 Å². The first-order valence-electron chi connectivity index (χ1n) is 2.28. The third-order valence-electron chi connectivity index (χ3n) is 1.05. The van der Waals surface area contributed by atoms with Crippen LogP contribution in [0.5, 0.6) is 0 Å². The normalized spacial score (nSPS) is 22.7. The van der Waals surface area contributed by atoms with Crippen LogP contribution in [0.2, 0.25) is 0 Å². The van der Waals surface area contributed by atoms with Gasteiger partial charge in [0.25, 0.3) is 0 Å². The first kappa shape index (κ1) is 3.91. The van der Waals surface area contributed by atoms with Crippen LogP contribution in [0.15, 0.2) is 11.6 Å². The van der Waals surface area contributed by atoms with Crippen molar-refractivity contribution >= 4 is 0 Å². The molecule has 0 spiro atoms. The van der Waals surface area contributed by atoms with Gasteiger partial charge in [-0.3, -0.25) is 0 Å². The molecule has 0 bridgehead atoms. The van der Waals surface area contributed by atoms with Crippen LogP contribution in [0.4, 0.5) is 0 Å². The Balaban J connectivity index is 2.46. The third-order valence-corrected chi connectivity index (χ3v) is 1.05. The van der Waals surface area contributed by atoms with Crippen molar-refractivity contribution in [1.29, 1.82) is 0 Å². The van der Waals surface area contributed by atoms with E-state index in [0.29, 0.717) is 0 Å². The Morgan fingerprint density at radius 2 is 2.00 bits per heavy atom. The molecule has 0 amide bonds. The zero-order valence-corrected chi connectivity index (χ0v) is 4.28. The van der Waals surface area contributed by atoms with E-state index in [0.717, 1.165) is 0 Å².